The molecule has 0 radical (unpaired) electrons. The molecular formula is C37H55N3O6S. The highest BCUT2D eigenvalue weighted by atomic mass is 32.1. The summed E-state index contributed by atoms with van der Waals surface area (Å²) in [7, 11) is 0. The second kappa shape index (κ2) is 18.7. The van der Waals surface area contributed by atoms with Gasteiger partial charge in [-0.3, -0.25) is 9.59 Å². The van der Waals surface area contributed by atoms with E-state index in [-0.39, 0.29) is 18.7 Å². The number of carbonyl (C=O) groups is 4. The van der Waals surface area contributed by atoms with Gasteiger partial charge in [0.25, 0.3) is 0 Å². The average Bonchev–Trinajstić information content (AvgIpc) is 2.97. The van der Waals surface area contributed by atoms with Gasteiger partial charge in [0.2, 0.25) is 11.8 Å². The van der Waals surface area contributed by atoms with Gasteiger partial charge in [0.15, 0.2) is 0 Å². The van der Waals surface area contributed by atoms with Crippen molar-refractivity contribution in [1.29, 1.82) is 0 Å². The minimum atomic E-state index is -1.10. The smallest absolute Gasteiger partial charge is 0.408 e. The molecule has 0 spiro atoms. The third-order valence-electron chi connectivity index (χ3n) is 7.17. The highest BCUT2D eigenvalue weighted by molar-refractivity contribution is 7.80. The molecular weight excluding hydrogens is 614 g/mol. The SMILES string of the molecule is CCCCCCCN(C(=O)C(CS)NC(=O)OC(C)(C)C)C(C(=O)NC(Cc1ccccc1)C(=O)OC(C)(C)C)c1cccc(C)c1. The van der Waals surface area contributed by atoms with Gasteiger partial charge >= 0.3 is 12.1 Å². The van der Waals surface area contributed by atoms with Crippen LogP contribution < -0.4 is 10.6 Å². The number of amides is 3. The quantitative estimate of drug-likeness (QED) is 0.104. The topological polar surface area (TPSA) is 114 Å². The van der Waals surface area contributed by atoms with Crippen molar-refractivity contribution in [3.8, 4) is 0 Å². The molecule has 2 aromatic rings. The highest BCUT2D eigenvalue weighted by Crippen LogP contribution is 2.26. The molecule has 0 saturated carbocycles. The molecule has 3 unspecified atom stereocenters. The lowest BCUT2D eigenvalue weighted by Gasteiger charge is -2.35. The van der Waals surface area contributed by atoms with E-state index in [0.717, 1.165) is 36.8 Å². The van der Waals surface area contributed by atoms with Crippen LogP contribution in [0.25, 0.3) is 0 Å². The Morgan fingerprint density at radius 2 is 1.45 bits per heavy atom. The largest absolute Gasteiger partial charge is 0.458 e. The molecule has 0 fully saturated rings. The number of esters is 1. The number of unbranched alkanes of at least 4 members (excludes halogenated alkanes) is 4. The fraction of sp³-hybridized carbons (Fsp3) is 0.568. The van der Waals surface area contributed by atoms with Crippen LogP contribution >= 0.6 is 12.6 Å². The molecule has 10 heteroatoms. The summed E-state index contributed by atoms with van der Waals surface area (Å²) in [6, 6.07) is 13.6. The van der Waals surface area contributed by atoms with Crippen LogP contribution in [-0.2, 0) is 30.3 Å². The second-order valence-corrected chi connectivity index (χ2v) is 14.3. The summed E-state index contributed by atoms with van der Waals surface area (Å²) in [5.74, 6) is -1.59. The van der Waals surface area contributed by atoms with Gasteiger partial charge in [-0.1, -0.05) is 92.8 Å². The van der Waals surface area contributed by atoms with Gasteiger partial charge in [0.05, 0.1) is 0 Å². The first-order chi connectivity index (χ1) is 22.0. The molecule has 0 saturated heterocycles. The van der Waals surface area contributed by atoms with Crippen LogP contribution in [0.15, 0.2) is 54.6 Å². The molecule has 0 heterocycles. The van der Waals surface area contributed by atoms with E-state index in [0.29, 0.717) is 12.0 Å². The lowest BCUT2D eigenvalue weighted by Crippen LogP contribution is -2.55. The van der Waals surface area contributed by atoms with Gasteiger partial charge < -0.3 is 25.0 Å². The van der Waals surface area contributed by atoms with Crippen molar-refractivity contribution in [2.75, 3.05) is 12.3 Å². The maximum absolute atomic E-state index is 14.5. The van der Waals surface area contributed by atoms with Crippen LogP contribution in [0.3, 0.4) is 0 Å². The Bertz CT molecular complexity index is 1310. The molecule has 0 bridgehead atoms. The first-order valence-electron chi connectivity index (χ1n) is 16.6. The predicted molar refractivity (Wildman–Crippen MR) is 189 cm³/mol. The minimum absolute atomic E-state index is 0.0128. The van der Waals surface area contributed by atoms with Crippen molar-refractivity contribution < 1.29 is 28.7 Å². The van der Waals surface area contributed by atoms with Crippen molar-refractivity contribution >= 4 is 36.5 Å². The Labute approximate surface area is 286 Å². The van der Waals surface area contributed by atoms with E-state index in [1.165, 1.54) is 4.90 Å². The molecule has 0 aliphatic carbocycles. The van der Waals surface area contributed by atoms with E-state index < -0.39 is 53.2 Å². The molecule has 260 valence electrons. The minimum Gasteiger partial charge on any atom is -0.458 e. The number of benzene rings is 2. The van der Waals surface area contributed by atoms with Gasteiger partial charge in [-0.2, -0.15) is 12.6 Å². The van der Waals surface area contributed by atoms with E-state index in [4.69, 9.17) is 9.47 Å². The monoisotopic (exact) mass is 669 g/mol. The molecule has 2 N–H and O–H groups in total. The number of thiol groups is 1. The number of ether oxygens (including phenoxy) is 2. The van der Waals surface area contributed by atoms with E-state index in [1.807, 2.05) is 55.5 Å². The van der Waals surface area contributed by atoms with Crippen molar-refractivity contribution in [3.63, 3.8) is 0 Å². The molecule has 0 aromatic heterocycles. The molecule has 2 aromatic carbocycles. The number of hydrogen-bond donors (Lipinski definition) is 3. The number of rotatable bonds is 16. The number of carbonyl (C=O) groups excluding carboxylic acids is 4. The zero-order chi connectivity index (χ0) is 35.2. The second-order valence-electron chi connectivity index (χ2n) is 13.9. The van der Waals surface area contributed by atoms with E-state index in [9.17, 15) is 19.2 Å². The van der Waals surface area contributed by atoms with Crippen LogP contribution in [0, 0.1) is 6.92 Å². The normalized spacial score (nSPS) is 13.6. The van der Waals surface area contributed by atoms with Crippen LogP contribution in [0.4, 0.5) is 4.79 Å². The van der Waals surface area contributed by atoms with Gasteiger partial charge in [-0.15, -0.1) is 0 Å². The molecule has 2 rings (SSSR count). The Morgan fingerprint density at radius 3 is 2.02 bits per heavy atom. The first kappa shape index (κ1) is 39.6. The van der Waals surface area contributed by atoms with Crippen LogP contribution in [0.1, 0.15) is 103 Å². The fourth-order valence-corrected chi connectivity index (χ4v) is 5.31. The maximum atomic E-state index is 14.5. The zero-order valence-corrected chi connectivity index (χ0v) is 30.3. The Hall–Kier alpha value is -3.53. The van der Waals surface area contributed by atoms with Gasteiger partial charge in [-0.05, 0) is 66.0 Å². The van der Waals surface area contributed by atoms with Crippen LogP contribution in [0.5, 0.6) is 0 Å². The summed E-state index contributed by atoms with van der Waals surface area (Å²) in [6.07, 6.45) is 4.07. The molecule has 0 aliphatic rings. The number of nitrogens with one attached hydrogen (secondary N) is 2. The summed E-state index contributed by atoms with van der Waals surface area (Å²) >= 11 is 4.39. The van der Waals surface area contributed by atoms with Crippen LogP contribution in [0.2, 0.25) is 0 Å². The lowest BCUT2D eigenvalue weighted by molar-refractivity contribution is -0.159. The Balaban J connectivity index is 2.57. The van der Waals surface area contributed by atoms with Crippen molar-refractivity contribution in [3.05, 3.63) is 71.3 Å². The first-order valence-corrected chi connectivity index (χ1v) is 17.2. The van der Waals surface area contributed by atoms with Gasteiger partial charge in [-0.25, -0.2) is 9.59 Å². The van der Waals surface area contributed by atoms with Gasteiger partial charge in [0, 0.05) is 18.7 Å². The third-order valence-corrected chi connectivity index (χ3v) is 7.53. The summed E-state index contributed by atoms with van der Waals surface area (Å²) < 4.78 is 11.1. The van der Waals surface area contributed by atoms with E-state index in [2.05, 4.69) is 30.2 Å². The number of nitrogens with zero attached hydrogens (tertiary/aromatic N) is 1. The van der Waals surface area contributed by atoms with Crippen molar-refractivity contribution in [1.82, 2.24) is 15.5 Å². The molecule has 3 atom stereocenters. The van der Waals surface area contributed by atoms with Crippen molar-refractivity contribution in [2.45, 2.75) is 123 Å². The Morgan fingerprint density at radius 1 is 0.809 bits per heavy atom. The molecule has 3 amide bonds. The maximum Gasteiger partial charge on any atom is 0.408 e. The van der Waals surface area contributed by atoms with Crippen molar-refractivity contribution in [2.24, 2.45) is 0 Å². The summed E-state index contributed by atoms with van der Waals surface area (Å²) in [4.78, 5) is 56.6. The van der Waals surface area contributed by atoms with Crippen LogP contribution in [-0.4, -0.2) is 64.4 Å². The standard InChI is InChI=1S/C37H55N3O6S/c1-9-10-11-12-16-22-40(33(42)30(25-47)39-35(44)46-37(6,7)8)31(28-21-17-18-26(2)23-28)32(41)38-29(34(43)45-36(3,4)5)24-27-19-14-13-15-20-27/h13-15,17-21,23,29-31,47H,9-12,16,22,24-25H2,1-8H3,(H,38,41)(H,39,44). The zero-order valence-electron chi connectivity index (χ0n) is 29.4. The lowest BCUT2D eigenvalue weighted by atomic mass is 9.99. The predicted octanol–water partition coefficient (Wildman–Crippen LogP) is 6.73. The summed E-state index contributed by atoms with van der Waals surface area (Å²) in [5.41, 5.74) is 0.785. The average molecular weight is 670 g/mol. The molecule has 9 nitrogen and oxygen atoms in total. The summed E-state index contributed by atoms with van der Waals surface area (Å²) in [5, 5.41) is 5.60. The summed E-state index contributed by atoms with van der Waals surface area (Å²) in [6.45, 7) is 14.8. The third kappa shape index (κ3) is 14.4. The number of hydrogen-bond acceptors (Lipinski definition) is 7. The highest BCUT2D eigenvalue weighted by Gasteiger charge is 2.38. The molecule has 0 aliphatic heterocycles. The van der Waals surface area contributed by atoms with E-state index >= 15 is 0 Å². The number of alkyl carbamates (subject to hydrolysis) is 1. The number of aryl methyl sites for hydroxylation is 1. The Kier molecular flexibility index (Phi) is 15.8. The van der Waals surface area contributed by atoms with Gasteiger partial charge in [0.1, 0.15) is 29.3 Å². The molecule has 47 heavy (non-hydrogen) atoms. The fourth-order valence-electron chi connectivity index (χ4n) is 5.07. The van der Waals surface area contributed by atoms with E-state index in [1.54, 1.807) is 47.6 Å².